The van der Waals surface area contributed by atoms with Gasteiger partial charge in [-0.15, -0.1) is 0 Å². The number of ether oxygens (including phenoxy) is 2. The Labute approximate surface area is 139 Å². The molecular weight excluding hydrogens is 316 g/mol. The molecule has 24 heavy (non-hydrogen) atoms. The minimum Gasteiger partial charge on any atom is -0.435 e. The van der Waals surface area contributed by atoms with Crippen molar-refractivity contribution in [3.8, 4) is 5.75 Å². The summed E-state index contributed by atoms with van der Waals surface area (Å²) < 4.78 is 35.0. The molecule has 0 aliphatic carbocycles. The van der Waals surface area contributed by atoms with Crippen LogP contribution in [-0.2, 0) is 4.74 Å². The third-order valence-electron chi connectivity index (χ3n) is 4.02. The summed E-state index contributed by atoms with van der Waals surface area (Å²) in [6, 6.07) is 6.61. The lowest BCUT2D eigenvalue weighted by Crippen LogP contribution is -2.39. The van der Waals surface area contributed by atoms with E-state index >= 15 is 0 Å². The summed E-state index contributed by atoms with van der Waals surface area (Å²) in [6.07, 6.45) is 1.56. The number of hydrogen-bond acceptors (Lipinski definition) is 5. The molecule has 0 N–H and O–H groups in total. The fourth-order valence-electron chi connectivity index (χ4n) is 2.59. The van der Waals surface area contributed by atoms with Gasteiger partial charge >= 0.3 is 6.61 Å². The van der Waals surface area contributed by atoms with Crippen molar-refractivity contribution < 1.29 is 18.3 Å². The quantitative estimate of drug-likeness (QED) is 0.858. The van der Waals surface area contributed by atoms with Gasteiger partial charge in [0.25, 0.3) is 0 Å². The fourth-order valence-corrected chi connectivity index (χ4v) is 2.59. The number of alkyl halides is 2. The average Bonchev–Trinajstić information content (AvgIpc) is 2.57. The molecule has 0 spiro atoms. The fraction of sp³-hybridized carbons (Fsp3) is 0.412. The summed E-state index contributed by atoms with van der Waals surface area (Å²) >= 11 is 0. The van der Waals surface area contributed by atoms with E-state index in [0.29, 0.717) is 25.6 Å². The molecule has 0 radical (unpaired) electrons. The Hall–Kier alpha value is -2.28. The normalized spacial score (nSPS) is 18.0. The predicted octanol–water partition coefficient (Wildman–Crippen LogP) is 3.27. The van der Waals surface area contributed by atoms with E-state index in [1.807, 2.05) is 24.8 Å². The summed E-state index contributed by atoms with van der Waals surface area (Å²) in [4.78, 5) is 10.9. The molecule has 0 unspecified atom stereocenters. The minimum atomic E-state index is -2.84. The molecule has 0 amide bonds. The van der Waals surface area contributed by atoms with Crippen LogP contribution >= 0.6 is 0 Å². The first kappa shape index (κ1) is 16.6. The van der Waals surface area contributed by atoms with E-state index in [0.717, 1.165) is 16.8 Å². The van der Waals surface area contributed by atoms with Crippen LogP contribution < -0.4 is 9.64 Å². The first-order valence-corrected chi connectivity index (χ1v) is 7.74. The Balaban J connectivity index is 1.76. The van der Waals surface area contributed by atoms with Crippen LogP contribution in [0.25, 0.3) is 0 Å². The second-order valence-electron chi connectivity index (χ2n) is 5.69. The van der Waals surface area contributed by atoms with Crippen LogP contribution in [0.4, 0.5) is 14.7 Å². The molecule has 128 valence electrons. The van der Waals surface area contributed by atoms with Crippen LogP contribution in [0.5, 0.6) is 5.75 Å². The van der Waals surface area contributed by atoms with Crippen molar-refractivity contribution in [2.24, 2.45) is 0 Å². The monoisotopic (exact) mass is 335 g/mol. The molecule has 7 heteroatoms. The lowest BCUT2D eigenvalue weighted by atomic mass is 10.1. The lowest BCUT2D eigenvalue weighted by Gasteiger charge is -2.33. The van der Waals surface area contributed by atoms with Crippen LogP contribution in [0.3, 0.4) is 0 Å². The molecule has 1 aromatic carbocycles. The zero-order chi connectivity index (χ0) is 17.1. The van der Waals surface area contributed by atoms with Crippen molar-refractivity contribution >= 4 is 5.95 Å². The van der Waals surface area contributed by atoms with Crippen molar-refractivity contribution in [3.05, 3.63) is 47.3 Å². The maximum Gasteiger partial charge on any atom is 0.387 e. The van der Waals surface area contributed by atoms with Gasteiger partial charge < -0.3 is 14.4 Å². The molecule has 1 aliphatic heterocycles. The van der Waals surface area contributed by atoms with Crippen LogP contribution in [0, 0.1) is 13.8 Å². The van der Waals surface area contributed by atoms with Gasteiger partial charge in [-0.05, 0) is 37.1 Å². The standard InChI is InChI=1S/C17H19F2N3O2/c1-11-9-20-17(21-12(11)2)22-6-7-23-15(10-22)13-4-3-5-14(8-13)24-16(18)19/h3-5,8-9,15-16H,6-7,10H2,1-2H3/t15-/m0/s1. The van der Waals surface area contributed by atoms with Gasteiger partial charge in [-0.2, -0.15) is 8.78 Å². The maximum atomic E-state index is 12.4. The number of anilines is 1. The molecule has 0 bridgehead atoms. The highest BCUT2D eigenvalue weighted by Gasteiger charge is 2.24. The first-order valence-electron chi connectivity index (χ1n) is 7.74. The Morgan fingerprint density at radius 1 is 1.33 bits per heavy atom. The van der Waals surface area contributed by atoms with Crippen molar-refractivity contribution in [3.63, 3.8) is 0 Å². The number of aryl methyl sites for hydroxylation is 2. The number of halogens is 2. The van der Waals surface area contributed by atoms with Crippen molar-refractivity contribution in [2.45, 2.75) is 26.6 Å². The molecular formula is C17H19F2N3O2. The van der Waals surface area contributed by atoms with E-state index in [-0.39, 0.29) is 11.9 Å². The second-order valence-corrected chi connectivity index (χ2v) is 5.69. The molecule has 1 saturated heterocycles. The minimum absolute atomic E-state index is 0.130. The highest BCUT2D eigenvalue weighted by molar-refractivity contribution is 5.36. The van der Waals surface area contributed by atoms with Crippen LogP contribution in [0.15, 0.2) is 30.5 Å². The van der Waals surface area contributed by atoms with Gasteiger partial charge in [0.1, 0.15) is 11.9 Å². The Morgan fingerprint density at radius 3 is 2.92 bits per heavy atom. The molecule has 1 aliphatic rings. The van der Waals surface area contributed by atoms with Crippen molar-refractivity contribution in [2.75, 3.05) is 24.6 Å². The van der Waals surface area contributed by atoms with Gasteiger partial charge in [-0.25, -0.2) is 9.97 Å². The molecule has 3 rings (SSSR count). The summed E-state index contributed by atoms with van der Waals surface area (Å²) in [6.45, 7) is 2.83. The smallest absolute Gasteiger partial charge is 0.387 e. The molecule has 5 nitrogen and oxygen atoms in total. The first-order chi connectivity index (χ1) is 11.5. The van der Waals surface area contributed by atoms with Gasteiger partial charge in [0.2, 0.25) is 5.95 Å². The largest absolute Gasteiger partial charge is 0.435 e. The summed E-state index contributed by atoms with van der Waals surface area (Å²) in [5.74, 6) is 0.789. The number of rotatable bonds is 4. The summed E-state index contributed by atoms with van der Waals surface area (Å²) in [7, 11) is 0. The van der Waals surface area contributed by atoms with Crippen LogP contribution in [0.2, 0.25) is 0 Å². The number of benzene rings is 1. The average molecular weight is 335 g/mol. The topological polar surface area (TPSA) is 47.5 Å². The second kappa shape index (κ2) is 7.09. The van der Waals surface area contributed by atoms with E-state index in [4.69, 9.17) is 4.74 Å². The number of morpholine rings is 1. The van der Waals surface area contributed by atoms with Crippen molar-refractivity contribution in [1.82, 2.24) is 9.97 Å². The molecule has 0 saturated carbocycles. The van der Waals surface area contributed by atoms with Gasteiger partial charge in [-0.3, -0.25) is 0 Å². The van der Waals surface area contributed by atoms with Crippen molar-refractivity contribution in [1.29, 1.82) is 0 Å². The Bertz CT molecular complexity index is 712. The lowest BCUT2D eigenvalue weighted by molar-refractivity contribution is -0.0501. The van der Waals surface area contributed by atoms with E-state index in [2.05, 4.69) is 14.7 Å². The van der Waals surface area contributed by atoms with Gasteiger partial charge in [0.05, 0.1) is 13.2 Å². The van der Waals surface area contributed by atoms with Crippen LogP contribution in [0.1, 0.15) is 22.9 Å². The van der Waals surface area contributed by atoms with E-state index in [9.17, 15) is 8.78 Å². The number of nitrogens with zero attached hydrogens (tertiary/aromatic N) is 3. The van der Waals surface area contributed by atoms with Gasteiger partial charge in [0.15, 0.2) is 0 Å². The molecule has 2 heterocycles. The Kier molecular flexibility index (Phi) is 4.89. The molecule has 2 aromatic rings. The van der Waals surface area contributed by atoms with Gasteiger partial charge in [0, 0.05) is 18.4 Å². The Morgan fingerprint density at radius 2 is 2.17 bits per heavy atom. The predicted molar refractivity (Wildman–Crippen MR) is 85.5 cm³/mol. The summed E-state index contributed by atoms with van der Waals surface area (Å²) in [5.41, 5.74) is 2.78. The van der Waals surface area contributed by atoms with Crippen LogP contribution in [-0.4, -0.2) is 36.3 Å². The van der Waals surface area contributed by atoms with Gasteiger partial charge in [-0.1, -0.05) is 12.1 Å². The van der Waals surface area contributed by atoms with E-state index < -0.39 is 6.61 Å². The zero-order valence-corrected chi connectivity index (χ0v) is 13.6. The molecule has 1 atom stereocenters. The molecule has 1 aromatic heterocycles. The highest BCUT2D eigenvalue weighted by Crippen LogP contribution is 2.27. The number of aromatic nitrogens is 2. The van der Waals surface area contributed by atoms with E-state index in [1.54, 1.807) is 18.3 Å². The van der Waals surface area contributed by atoms with E-state index in [1.165, 1.54) is 6.07 Å². The number of hydrogen-bond donors (Lipinski definition) is 0. The third-order valence-corrected chi connectivity index (χ3v) is 4.02. The third kappa shape index (κ3) is 3.79. The summed E-state index contributed by atoms with van der Waals surface area (Å²) in [5, 5.41) is 0. The highest BCUT2D eigenvalue weighted by atomic mass is 19.3. The zero-order valence-electron chi connectivity index (χ0n) is 13.6. The maximum absolute atomic E-state index is 12.4. The molecule has 1 fully saturated rings. The SMILES string of the molecule is Cc1cnc(N2CCO[C@H](c3cccc(OC(F)F)c3)C2)nc1C.